The molecule has 0 bridgehead atoms. The van der Waals surface area contributed by atoms with Crippen LogP contribution in [0.4, 0.5) is 4.79 Å². The van der Waals surface area contributed by atoms with Gasteiger partial charge in [0.05, 0.1) is 0 Å². The lowest BCUT2D eigenvalue weighted by Crippen LogP contribution is -2.38. The SMILES string of the molecule is CC(C)(C)OC(=O)N(CCCI)CCCC=O. The van der Waals surface area contributed by atoms with Crippen LogP contribution < -0.4 is 0 Å². The van der Waals surface area contributed by atoms with Gasteiger partial charge in [0.15, 0.2) is 0 Å². The fourth-order valence-corrected chi connectivity index (χ4v) is 1.58. The highest BCUT2D eigenvalue weighted by Gasteiger charge is 2.21. The summed E-state index contributed by atoms with van der Waals surface area (Å²) in [5, 5.41) is 0. The third kappa shape index (κ3) is 9.38. The summed E-state index contributed by atoms with van der Waals surface area (Å²) in [6, 6.07) is 0. The molecule has 17 heavy (non-hydrogen) atoms. The molecular weight excluding hydrogens is 333 g/mol. The second kappa shape index (κ2) is 8.72. The minimum absolute atomic E-state index is 0.284. The number of carbonyl (C=O) groups is 2. The maximum absolute atomic E-state index is 11.9. The molecule has 4 nitrogen and oxygen atoms in total. The van der Waals surface area contributed by atoms with Crippen molar-refractivity contribution in [2.75, 3.05) is 17.5 Å². The summed E-state index contributed by atoms with van der Waals surface area (Å²) >= 11 is 2.28. The molecule has 0 rings (SSSR count). The normalized spacial score (nSPS) is 11.1. The van der Waals surface area contributed by atoms with E-state index in [-0.39, 0.29) is 6.09 Å². The van der Waals surface area contributed by atoms with Crippen molar-refractivity contribution < 1.29 is 14.3 Å². The quantitative estimate of drug-likeness (QED) is 0.305. The van der Waals surface area contributed by atoms with Gasteiger partial charge in [-0.2, -0.15) is 0 Å². The third-order valence-corrected chi connectivity index (χ3v) is 2.73. The molecule has 0 spiro atoms. The second-order valence-electron chi connectivity index (χ2n) is 4.82. The van der Waals surface area contributed by atoms with E-state index in [0.29, 0.717) is 25.9 Å². The number of alkyl halides is 1. The number of hydrogen-bond acceptors (Lipinski definition) is 3. The Bertz CT molecular complexity index is 238. The van der Waals surface area contributed by atoms with E-state index in [0.717, 1.165) is 17.1 Å². The van der Waals surface area contributed by atoms with Crippen LogP contribution in [0.25, 0.3) is 0 Å². The lowest BCUT2D eigenvalue weighted by Gasteiger charge is -2.27. The van der Waals surface area contributed by atoms with Crippen LogP contribution in [0.3, 0.4) is 0 Å². The Morgan fingerprint density at radius 2 is 1.88 bits per heavy atom. The van der Waals surface area contributed by atoms with Gasteiger partial charge < -0.3 is 14.4 Å². The van der Waals surface area contributed by atoms with E-state index in [1.54, 1.807) is 4.90 Å². The zero-order chi connectivity index (χ0) is 13.3. The number of rotatable bonds is 7. The van der Waals surface area contributed by atoms with Crippen molar-refractivity contribution in [2.45, 2.75) is 45.6 Å². The summed E-state index contributed by atoms with van der Waals surface area (Å²) in [5.41, 5.74) is -0.468. The van der Waals surface area contributed by atoms with E-state index in [2.05, 4.69) is 22.6 Å². The summed E-state index contributed by atoms with van der Waals surface area (Å²) in [7, 11) is 0. The van der Waals surface area contributed by atoms with Gasteiger partial charge in [-0.1, -0.05) is 22.6 Å². The minimum atomic E-state index is -0.468. The van der Waals surface area contributed by atoms with Crippen molar-refractivity contribution in [1.82, 2.24) is 4.90 Å². The van der Waals surface area contributed by atoms with Crippen molar-refractivity contribution in [1.29, 1.82) is 0 Å². The van der Waals surface area contributed by atoms with E-state index in [1.807, 2.05) is 20.8 Å². The van der Waals surface area contributed by atoms with Gasteiger partial charge in [-0.15, -0.1) is 0 Å². The number of aldehydes is 1. The molecule has 0 aromatic carbocycles. The fourth-order valence-electron chi connectivity index (χ4n) is 1.24. The summed E-state index contributed by atoms with van der Waals surface area (Å²) < 4.78 is 6.33. The van der Waals surface area contributed by atoms with Gasteiger partial charge in [0.25, 0.3) is 0 Å². The molecule has 0 aliphatic carbocycles. The minimum Gasteiger partial charge on any atom is -0.444 e. The Morgan fingerprint density at radius 3 is 2.35 bits per heavy atom. The van der Waals surface area contributed by atoms with Gasteiger partial charge in [-0.3, -0.25) is 0 Å². The van der Waals surface area contributed by atoms with Crippen molar-refractivity contribution in [3.05, 3.63) is 0 Å². The maximum Gasteiger partial charge on any atom is 0.410 e. The first-order valence-corrected chi connectivity index (χ1v) is 7.41. The third-order valence-electron chi connectivity index (χ3n) is 1.96. The fraction of sp³-hybridized carbons (Fsp3) is 0.833. The Hall–Kier alpha value is -0.330. The monoisotopic (exact) mass is 355 g/mol. The molecule has 0 aromatic heterocycles. The zero-order valence-electron chi connectivity index (χ0n) is 10.9. The Labute approximate surface area is 117 Å². The summed E-state index contributed by atoms with van der Waals surface area (Å²) in [4.78, 5) is 23.8. The van der Waals surface area contributed by atoms with Gasteiger partial charge in [0.1, 0.15) is 11.9 Å². The van der Waals surface area contributed by atoms with Gasteiger partial charge in [-0.05, 0) is 33.6 Å². The molecule has 0 atom stereocenters. The van der Waals surface area contributed by atoms with Crippen molar-refractivity contribution in [3.8, 4) is 0 Å². The number of hydrogen-bond donors (Lipinski definition) is 0. The standard InChI is InChI=1S/C12H22INO3/c1-12(2,3)17-11(16)14(9-6-7-13)8-4-5-10-15/h10H,4-9H2,1-3H3. The van der Waals surface area contributed by atoms with Gasteiger partial charge in [0.2, 0.25) is 0 Å². The molecule has 1 amide bonds. The number of carbonyl (C=O) groups excluding carboxylic acids is 2. The predicted molar refractivity (Wildman–Crippen MR) is 76.6 cm³/mol. The van der Waals surface area contributed by atoms with Crippen molar-refractivity contribution in [2.24, 2.45) is 0 Å². The average Bonchev–Trinajstić information content (AvgIpc) is 2.20. The Kier molecular flexibility index (Phi) is 8.55. The molecule has 0 fully saturated rings. The summed E-state index contributed by atoms with van der Waals surface area (Å²) in [6.07, 6.45) is 2.73. The largest absolute Gasteiger partial charge is 0.444 e. The van der Waals surface area contributed by atoms with Crippen LogP contribution in [-0.4, -0.2) is 40.4 Å². The molecule has 0 radical (unpaired) electrons. The molecule has 0 heterocycles. The first kappa shape index (κ1) is 16.7. The number of unbranched alkanes of at least 4 members (excludes halogenated alkanes) is 1. The number of ether oxygens (including phenoxy) is 1. The molecular formula is C12H22INO3. The van der Waals surface area contributed by atoms with Crippen molar-refractivity contribution >= 4 is 35.0 Å². The highest BCUT2D eigenvalue weighted by atomic mass is 127. The first-order valence-electron chi connectivity index (χ1n) is 5.88. The topological polar surface area (TPSA) is 46.6 Å². The summed E-state index contributed by atoms with van der Waals surface area (Å²) in [6.45, 7) is 6.84. The lowest BCUT2D eigenvalue weighted by atomic mass is 10.2. The number of amides is 1. The predicted octanol–water partition coefficient (Wildman–Crippen LogP) is 3.03. The van der Waals surface area contributed by atoms with Gasteiger partial charge in [-0.25, -0.2) is 4.79 Å². The number of nitrogens with zero attached hydrogens (tertiary/aromatic N) is 1. The molecule has 0 saturated heterocycles. The van der Waals surface area contributed by atoms with Crippen LogP contribution in [0.15, 0.2) is 0 Å². The molecule has 0 N–H and O–H groups in total. The molecule has 0 aliphatic heterocycles. The molecule has 0 aromatic rings. The zero-order valence-corrected chi connectivity index (χ0v) is 13.0. The van der Waals surface area contributed by atoms with Crippen molar-refractivity contribution in [3.63, 3.8) is 0 Å². The molecule has 0 aliphatic rings. The van der Waals surface area contributed by atoms with E-state index in [1.165, 1.54) is 0 Å². The van der Waals surface area contributed by atoms with Gasteiger partial charge >= 0.3 is 6.09 Å². The van der Waals surface area contributed by atoms with Crippen LogP contribution in [0.1, 0.15) is 40.0 Å². The van der Waals surface area contributed by atoms with E-state index >= 15 is 0 Å². The van der Waals surface area contributed by atoms with Crippen LogP contribution in [0.5, 0.6) is 0 Å². The molecule has 0 unspecified atom stereocenters. The van der Waals surface area contributed by atoms with E-state index in [9.17, 15) is 9.59 Å². The maximum atomic E-state index is 11.9. The van der Waals surface area contributed by atoms with Crippen LogP contribution >= 0.6 is 22.6 Å². The highest BCUT2D eigenvalue weighted by Crippen LogP contribution is 2.11. The molecule has 5 heteroatoms. The van der Waals surface area contributed by atoms with Crippen LogP contribution in [0, 0.1) is 0 Å². The Balaban J connectivity index is 4.23. The van der Waals surface area contributed by atoms with Crippen LogP contribution in [-0.2, 0) is 9.53 Å². The number of halogens is 1. The first-order chi connectivity index (χ1) is 7.90. The summed E-state index contributed by atoms with van der Waals surface area (Å²) in [5.74, 6) is 0. The Morgan fingerprint density at radius 1 is 1.29 bits per heavy atom. The van der Waals surface area contributed by atoms with Gasteiger partial charge in [0, 0.05) is 23.9 Å². The molecule has 0 saturated carbocycles. The lowest BCUT2D eigenvalue weighted by molar-refractivity contribution is -0.108. The van der Waals surface area contributed by atoms with E-state index < -0.39 is 5.60 Å². The van der Waals surface area contributed by atoms with E-state index in [4.69, 9.17) is 4.74 Å². The average molecular weight is 355 g/mol. The smallest absolute Gasteiger partial charge is 0.410 e. The second-order valence-corrected chi connectivity index (χ2v) is 5.90. The van der Waals surface area contributed by atoms with Crippen LogP contribution in [0.2, 0.25) is 0 Å². The highest BCUT2D eigenvalue weighted by molar-refractivity contribution is 14.1. The molecule has 100 valence electrons.